The largest absolute Gasteiger partial charge is 0.342 e. The number of nitrogens with zero attached hydrogens (tertiary/aromatic N) is 2. The maximum atomic E-state index is 13.1. The minimum absolute atomic E-state index is 0.00296. The lowest BCUT2D eigenvalue weighted by Gasteiger charge is -2.38. The molecule has 1 aromatic carbocycles. The lowest BCUT2D eigenvalue weighted by molar-refractivity contribution is -0.143. The number of amides is 2. The summed E-state index contributed by atoms with van der Waals surface area (Å²) in [5.74, 6) is 0.304. The molecule has 4 heteroatoms. The first kappa shape index (κ1) is 18.0. The van der Waals surface area contributed by atoms with Crippen LogP contribution in [0.5, 0.6) is 0 Å². The Morgan fingerprint density at radius 2 is 1.92 bits per heavy atom. The van der Waals surface area contributed by atoms with E-state index in [0.29, 0.717) is 6.54 Å². The van der Waals surface area contributed by atoms with Gasteiger partial charge in [0.15, 0.2) is 0 Å². The summed E-state index contributed by atoms with van der Waals surface area (Å²) in [7, 11) is 1.94. The minimum Gasteiger partial charge on any atom is -0.342 e. The second kappa shape index (κ2) is 7.59. The summed E-state index contributed by atoms with van der Waals surface area (Å²) < 4.78 is 0. The molecule has 0 aromatic heterocycles. The SMILES string of the molecule is CC(C)C(=O)N1CCC[C@H](C(=O)N(C)[C@@H]2CCCc3ccccc32)C1. The Morgan fingerprint density at radius 3 is 2.68 bits per heavy atom. The fraction of sp³-hybridized carbons (Fsp3) is 0.619. The highest BCUT2D eigenvalue weighted by molar-refractivity contribution is 5.82. The van der Waals surface area contributed by atoms with Crippen LogP contribution in [0.15, 0.2) is 24.3 Å². The van der Waals surface area contributed by atoms with Gasteiger partial charge in [0.1, 0.15) is 0 Å². The van der Waals surface area contributed by atoms with Crippen LogP contribution in [-0.2, 0) is 16.0 Å². The fourth-order valence-corrected chi connectivity index (χ4v) is 4.32. The molecule has 1 heterocycles. The van der Waals surface area contributed by atoms with Gasteiger partial charge in [-0.25, -0.2) is 0 Å². The van der Waals surface area contributed by atoms with Gasteiger partial charge < -0.3 is 9.80 Å². The standard InChI is InChI=1S/C21H30N2O2/c1-15(2)20(24)23-13-7-10-17(14-23)21(25)22(3)19-12-6-9-16-8-4-5-11-18(16)19/h4-5,8,11,15,17,19H,6-7,9-10,12-14H2,1-3H3/t17-,19+/m0/s1. The predicted molar refractivity (Wildman–Crippen MR) is 99.0 cm³/mol. The Labute approximate surface area is 151 Å². The van der Waals surface area contributed by atoms with Crippen molar-refractivity contribution < 1.29 is 9.59 Å². The molecule has 1 aliphatic heterocycles. The summed E-state index contributed by atoms with van der Waals surface area (Å²) in [4.78, 5) is 29.3. The Kier molecular flexibility index (Phi) is 5.45. The molecule has 0 saturated carbocycles. The number of likely N-dealkylation sites (tertiary alicyclic amines) is 1. The number of carbonyl (C=O) groups excluding carboxylic acids is 2. The number of fused-ring (bicyclic) bond motifs is 1. The molecule has 2 atom stereocenters. The van der Waals surface area contributed by atoms with Crippen molar-refractivity contribution in [1.82, 2.24) is 9.80 Å². The first-order chi connectivity index (χ1) is 12.0. The molecule has 0 radical (unpaired) electrons. The molecule has 1 fully saturated rings. The normalized spacial score (nSPS) is 23.3. The molecular weight excluding hydrogens is 312 g/mol. The number of aryl methyl sites for hydroxylation is 1. The van der Waals surface area contributed by atoms with Gasteiger partial charge in [0.2, 0.25) is 11.8 Å². The van der Waals surface area contributed by atoms with Gasteiger partial charge in [0, 0.05) is 26.1 Å². The van der Waals surface area contributed by atoms with E-state index in [9.17, 15) is 9.59 Å². The van der Waals surface area contributed by atoms with Crippen LogP contribution in [0.3, 0.4) is 0 Å². The van der Waals surface area contributed by atoms with E-state index in [-0.39, 0.29) is 29.7 Å². The van der Waals surface area contributed by atoms with Crippen molar-refractivity contribution in [1.29, 1.82) is 0 Å². The summed E-state index contributed by atoms with van der Waals surface area (Å²) in [5, 5.41) is 0. The zero-order valence-electron chi connectivity index (χ0n) is 15.7. The number of hydrogen-bond donors (Lipinski definition) is 0. The number of carbonyl (C=O) groups is 2. The first-order valence-electron chi connectivity index (χ1n) is 9.62. The van der Waals surface area contributed by atoms with E-state index in [0.717, 1.165) is 38.6 Å². The van der Waals surface area contributed by atoms with Crippen LogP contribution in [0.2, 0.25) is 0 Å². The fourth-order valence-electron chi connectivity index (χ4n) is 4.32. The molecular formula is C21H30N2O2. The third-order valence-electron chi connectivity index (χ3n) is 5.73. The van der Waals surface area contributed by atoms with Crippen molar-refractivity contribution in [3.63, 3.8) is 0 Å². The molecule has 0 spiro atoms. The van der Waals surface area contributed by atoms with Crippen LogP contribution in [0, 0.1) is 11.8 Å². The highest BCUT2D eigenvalue weighted by Gasteiger charge is 2.34. The van der Waals surface area contributed by atoms with E-state index < -0.39 is 0 Å². The zero-order valence-corrected chi connectivity index (χ0v) is 15.7. The molecule has 1 aliphatic carbocycles. The lowest BCUT2D eigenvalue weighted by Crippen LogP contribution is -2.47. The van der Waals surface area contributed by atoms with Crippen LogP contribution in [0.25, 0.3) is 0 Å². The Hall–Kier alpha value is -1.84. The monoisotopic (exact) mass is 342 g/mol. The number of hydrogen-bond acceptors (Lipinski definition) is 2. The van der Waals surface area contributed by atoms with E-state index in [1.165, 1.54) is 11.1 Å². The van der Waals surface area contributed by atoms with E-state index in [1.807, 2.05) is 30.7 Å². The molecule has 2 aliphatic rings. The van der Waals surface area contributed by atoms with Crippen LogP contribution in [-0.4, -0.2) is 41.8 Å². The summed E-state index contributed by atoms with van der Waals surface area (Å²) in [6.07, 6.45) is 5.07. The zero-order chi connectivity index (χ0) is 18.0. The van der Waals surface area contributed by atoms with Gasteiger partial charge in [0.25, 0.3) is 0 Å². The van der Waals surface area contributed by atoms with Crippen molar-refractivity contribution in [2.75, 3.05) is 20.1 Å². The van der Waals surface area contributed by atoms with E-state index in [2.05, 4.69) is 24.3 Å². The van der Waals surface area contributed by atoms with Crippen molar-refractivity contribution in [2.24, 2.45) is 11.8 Å². The summed E-state index contributed by atoms with van der Waals surface area (Å²) in [6, 6.07) is 8.68. The molecule has 2 amide bonds. The quantitative estimate of drug-likeness (QED) is 0.844. The van der Waals surface area contributed by atoms with Crippen LogP contribution in [0.1, 0.15) is 56.7 Å². The maximum Gasteiger partial charge on any atom is 0.227 e. The Bertz CT molecular complexity index is 641. The average Bonchev–Trinajstić information content (AvgIpc) is 2.65. The molecule has 1 aromatic rings. The second-order valence-corrected chi connectivity index (χ2v) is 7.83. The molecule has 3 rings (SSSR count). The molecule has 0 bridgehead atoms. The van der Waals surface area contributed by atoms with E-state index >= 15 is 0 Å². The summed E-state index contributed by atoms with van der Waals surface area (Å²) in [6.45, 7) is 5.23. The highest BCUT2D eigenvalue weighted by atomic mass is 16.2. The van der Waals surface area contributed by atoms with Crippen LogP contribution >= 0.6 is 0 Å². The van der Waals surface area contributed by atoms with Gasteiger partial charge >= 0.3 is 0 Å². The van der Waals surface area contributed by atoms with Crippen molar-refractivity contribution in [2.45, 2.75) is 52.0 Å². The first-order valence-corrected chi connectivity index (χ1v) is 9.62. The summed E-state index contributed by atoms with van der Waals surface area (Å²) >= 11 is 0. The van der Waals surface area contributed by atoms with Gasteiger partial charge in [-0.1, -0.05) is 38.1 Å². The summed E-state index contributed by atoms with van der Waals surface area (Å²) in [5.41, 5.74) is 2.68. The van der Waals surface area contributed by atoms with Gasteiger partial charge in [-0.2, -0.15) is 0 Å². The smallest absolute Gasteiger partial charge is 0.227 e. The van der Waals surface area contributed by atoms with Gasteiger partial charge in [-0.05, 0) is 43.2 Å². The number of benzene rings is 1. The molecule has 136 valence electrons. The average molecular weight is 342 g/mol. The molecule has 0 unspecified atom stereocenters. The van der Waals surface area contributed by atoms with Gasteiger partial charge in [-0.3, -0.25) is 9.59 Å². The number of rotatable bonds is 3. The Morgan fingerprint density at radius 1 is 1.16 bits per heavy atom. The van der Waals surface area contributed by atoms with Crippen LogP contribution < -0.4 is 0 Å². The molecule has 25 heavy (non-hydrogen) atoms. The van der Waals surface area contributed by atoms with Crippen molar-refractivity contribution >= 4 is 11.8 Å². The third-order valence-corrected chi connectivity index (χ3v) is 5.73. The van der Waals surface area contributed by atoms with Gasteiger partial charge in [0.05, 0.1) is 12.0 Å². The second-order valence-electron chi connectivity index (χ2n) is 7.83. The van der Waals surface area contributed by atoms with E-state index in [4.69, 9.17) is 0 Å². The van der Waals surface area contributed by atoms with Crippen molar-refractivity contribution in [3.05, 3.63) is 35.4 Å². The number of piperidine rings is 1. The van der Waals surface area contributed by atoms with Crippen molar-refractivity contribution in [3.8, 4) is 0 Å². The lowest BCUT2D eigenvalue weighted by atomic mass is 9.86. The maximum absolute atomic E-state index is 13.1. The highest BCUT2D eigenvalue weighted by Crippen LogP contribution is 2.35. The minimum atomic E-state index is -0.0597. The van der Waals surface area contributed by atoms with Crippen LogP contribution in [0.4, 0.5) is 0 Å². The van der Waals surface area contributed by atoms with E-state index in [1.54, 1.807) is 0 Å². The third kappa shape index (κ3) is 3.73. The molecule has 1 saturated heterocycles. The molecule has 0 N–H and O–H groups in total. The Balaban J connectivity index is 1.72. The predicted octanol–water partition coefficient (Wildman–Crippen LogP) is 3.42. The molecule has 4 nitrogen and oxygen atoms in total. The van der Waals surface area contributed by atoms with Gasteiger partial charge in [-0.15, -0.1) is 0 Å². The topological polar surface area (TPSA) is 40.6 Å².